The van der Waals surface area contributed by atoms with Crippen molar-refractivity contribution in [1.29, 1.82) is 0 Å². The van der Waals surface area contributed by atoms with Gasteiger partial charge in [-0.25, -0.2) is 0 Å². The maximum absolute atomic E-state index is 10.6. The second kappa shape index (κ2) is 6.47. The average molecular weight is 419 g/mol. The molecule has 0 bridgehead atoms. The molecule has 2 saturated carbocycles. The van der Waals surface area contributed by atoms with Crippen LogP contribution in [0.2, 0.25) is 0 Å². The van der Waals surface area contributed by atoms with E-state index in [2.05, 4.69) is 33.1 Å². The van der Waals surface area contributed by atoms with Crippen molar-refractivity contribution in [3.63, 3.8) is 0 Å². The van der Waals surface area contributed by atoms with Crippen molar-refractivity contribution in [2.45, 2.75) is 38.1 Å². The summed E-state index contributed by atoms with van der Waals surface area (Å²) in [6.45, 7) is 1.04. The Bertz CT molecular complexity index is 1340. The fourth-order valence-corrected chi connectivity index (χ4v) is 4.57. The number of aromatic amines is 1. The van der Waals surface area contributed by atoms with Crippen LogP contribution in [0.4, 0.5) is 0 Å². The molecular weight excluding hydrogens is 396 g/mol. The van der Waals surface area contributed by atoms with Crippen molar-refractivity contribution < 1.29 is 10.2 Å². The molecule has 0 radical (unpaired) electrons. The number of phenolic OH excluding ortho intramolecular Hbond substituents is 2. The lowest BCUT2D eigenvalue weighted by molar-refractivity contribution is 0.447. The summed E-state index contributed by atoms with van der Waals surface area (Å²) in [5.41, 5.74) is 3.52. The highest BCUT2D eigenvalue weighted by atomic mass is 32.1. The van der Waals surface area contributed by atoms with Gasteiger partial charge in [-0.05, 0) is 79.6 Å². The number of H-pyrrole nitrogens is 1. The maximum Gasteiger partial charge on any atom is 0.200 e. The molecule has 7 heteroatoms. The molecule has 6 nitrogen and oxygen atoms in total. The zero-order chi connectivity index (χ0) is 20.4. The van der Waals surface area contributed by atoms with E-state index in [1.165, 1.54) is 24.4 Å². The molecule has 3 N–H and O–H groups in total. The lowest BCUT2D eigenvalue weighted by atomic mass is 10.0. The zero-order valence-corrected chi connectivity index (χ0v) is 17.2. The molecule has 0 amide bonds. The van der Waals surface area contributed by atoms with E-state index in [-0.39, 0.29) is 11.5 Å². The number of fused-ring (bicyclic) bond motifs is 1. The highest BCUT2D eigenvalue weighted by Gasteiger charge is 2.29. The Morgan fingerprint density at radius 1 is 1.07 bits per heavy atom. The van der Waals surface area contributed by atoms with Gasteiger partial charge in [0, 0.05) is 24.2 Å². The second-order valence-electron chi connectivity index (χ2n) is 8.51. The van der Waals surface area contributed by atoms with Crippen molar-refractivity contribution in [2.24, 2.45) is 5.92 Å². The fraction of sp³-hybridized carbons (Fsp3) is 0.304. The van der Waals surface area contributed by atoms with Crippen LogP contribution in [0.25, 0.3) is 28.0 Å². The van der Waals surface area contributed by atoms with E-state index in [9.17, 15) is 10.2 Å². The maximum atomic E-state index is 10.6. The van der Waals surface area contributed by atoms with E-state index >= 15 is 0 Å². The molecule has 2 aromatic heterocycles. The Morgan fingerprint density at radius 3 is 2.67 bits per heavy atom. The second-order valence-corrected chi connectivity index (χ2v) is 8.90. The quantitative estimate of drug-likeness (QED) is 0.387. The van der Waals surface area contributed by atoms with Crippen molar-refractivity contribution in [3.05, 3.63) is 52.9 Å². The summed E-state index contributed by atoms with van der Waals surface area (Å²) in [6, 6.07) is 11.6. The SMILES string of the molecule is Oc1cc(O)c(C2CC2)cc1-c1n[nH]c(=S)n1-c1cccc2c1ccn2CC1CC1. The van der Waals surface area contributed by atoms with Gasteiger partial charge in [0.2, 0.25) is 0 Å². The summed E-state index contributed by atoms with van der Waals surface area (Å²) < 4.78 is 4.65. The smallest absolute Gasteiger partial charge is 0.200 e. The number of benzene rings is 2. The van der Waals surface area contributed by atoms with E-state index in [1.54, 1.807) is 0 Å². The van der Waals surface area contributed by atoms with Gasteiger partial charge in [0.1, 0.15) is 11.5 Å². The fourth-order valence-electron chi connectivity index (χ4n) is 4.34. The lowest BCUT2D eigenvalue weighted by Crippen LogP contribution is -2.01. The molecule has 6 rings (SSSR count). The normalized spacial score (nSPS) is 16.4. The number of aromatic hydroxyl groups is 2. The van der Waals surface area contributed by atoms with Gasteiger partial charge in [-0.3, -0.25) is 9.67 Å². The van der Waals surface area contributed by atoms with Crippen LogP contribution in [-0.2, 0) is 6.54 Å². The third-order valence-electron chi connectivity index (χ3n) is 6.26. The van der Waals surface area contributed by atoms with Crippen LogP contribution >= 0.6 is 12.2 Å². The van der Waals surface area contributed by atoms with Gasteiger partial charge < -0.3 is 14.8 Å². The lowest BCUT2D eigenvalue weighted by Gasteiger charge is -2.12. The first-order valence-corrected chi connectivity index (χ1v) is 10.8. The molecule has 30 heavy (non-hydrogen) atoms. The molecule has 0 saturated heterocycles. The monoisotopic (exact) mass is 418 g/mol. The van der Waals surface area contributed by atoms with Crippen molar-refractivity contribution >= 4 is 23.1 Å². The molecule has 0 spiro atoms. The van der Waals surface area contributed by atoms with Gasteiger partial charge in [0.25, 0.3) is 0 Å². The highest BCUT2D eigenvalue weighted by molar-refractivity contribution is 7.71. The van der Waals surface area contributed by atoms with Crippen LogP contribution < -0.4 is 0 Å². The van der Waals surface area contributed by atoms with Crippen molar-refractivity contribution in [2.75, 3.05) is 0 Å². The highest BCUT2D eigenvalue weighted by Crippen LogP contribution is 2.47. The third-order valence-corrected chi connectivity index (χ3v) is 6.53. The predicted molar refractivity (Wildman–Crippen MR) is 118 cm³/mol. The van der Waals surface area contributed by atoms with Gasteiger partial charge in [-0.15, -0.1) is 0 Å². The topological polar surface area (TPSA) is 79.0 Å². The first-order chi connectivity index (χ1) is 14.6. The number of aromatic nitrogens is 4. The summed E-state index contributed by atoms with van der Waals surface area (Å²) in [6.07, 6.45) is 6.86. The Morgan fingerprint density at radius 2 is 1.90 bits per heavy atom. The molecule has 2 heterocycles. The zero-order valence-electron chi connectivity index (χ0n) is 16.4. The van der Waals surface area contributed by atoms with Crippen molar-refractivity contribution in [1.82, 2.24) is 19.3 Å². The molecule has 2 aromatic carbocycles. The Labute approximate surface area is 178 Å². The van der Waals surface area contributed by atoms with Crippen LogP contribution in [0.3, 0.4) is 0 Å². The number of nitrogens with one attached hydrogen (secondary N) is 1. The number of rotatable bonds is 5. The summed E-state index contributed by atoms with van der Waals surface area (Å²) in [4.78, 5) is 0. The molecule has 0 aliphatic heterocycles. The van der Waals surface area contributed by atoms with Crippen LogP contribution in [0.1, 0.15) is 37.2 Å². The first-order valence-electron chi connectivity index (χ1n) is 10.4. The standard InChI is InChI=1S/C23H22N4O2S/c28-20-11-21(29)17(10-16(20)14-6-7-14)22-24-25-23(30)27(22)19-3-1-2-18-15(19)8-9-26(18)12-13-4-5-13/h1-3,8-11,13-14,28-29H,4-7,12H2,(H,25,30). The molecule has 2 aliphatic carbocycles. The number of hydrogen-bond donors (Lipinski definition) is 3. The first kappa shape index (κ1) is 17.8. The van der Waals surface area contributed by atoms with Crippen LogP contribution in [0.15, 0.2) is 42.6 Å². The Kier molecular flexibility index (Phi) is 3.83. The van der Waals surface area contributed by atoms with Crippen LogP contribution in [-0.4, -0.2) is 29.5 Å². The minimum Gasteiger partial charge on any atom is -0.508 e. The van der Waals surface area contributed by atoms with Gasteiger partial charge in [-0.2, -0.15) is 5.10 Å². The summed E-state index contributed by atoms with van der Waals surface area (Å²) in [7, 11) is 0. The molecule has 152 valence electrons. The largest absolute Gasteiger partial charge is 0.508 e. The molecule has 0 atom stereocenters. The van der Waals surface area contributed by atoms with Gasteiger partial charge >= 0.3 is 0 Å². The minimum absolute atomic E-state index is 0.00868. The van der Waals surface area contributed by atoms with Gasteiger partial charge in [-0.1, -0.05) is 6.07 Å². The van der Waals surface area contributed by atoms with E-state index in [0.717, 1.165) is 41.9 Å². The summed E-state index contributed by atoms with van der Waals surface area (Å²) in [5.74, 6) is 1.80. The van der Waals surface area contributed by atoms with Crippen LogP contribution in [0, 0.1) is 10.7 Å². The van der Waals surface area contributed by atoms with Crippen molar-refractivity contribution in [3.8, 4) is 28.6 Å². The number of phenols is 2. The molecule has 4 aromatic rings. The molecule has 2 fully saturated rings. The summed E-state index contributed by atoms with van der Waals surface area (Å²) in [5, 5.41) is 29.3. The van der Waals surface area contributed by atoms with E-state index in [1.807, 2.05) is 22.8 Å². The average Bonchev–Trinajstić information content (AvgIpc) is 3.64. The third kappa shape index (κ3) is 2.84. The van der Waals surface area contributed by atoms with E-state index in [0.29, 0.717) is 22.1 Å². The van der Waals surface area contributed by atoms with Gasteiger partial charge in [0.05, 0.1) is 16.8 Å². The molecule has 0 unspecified atom stereocenters. The predicted octanol–water partition coefficient (Wildman–Crippen LogP) is 5.25. The van der Waals surface area contributed by atoms with E-state index in [4.69, 9.17) is 12.2 Å². The van der Waals surface area contributed by atoms with E-state index < -0.39 is 0 Å². The molecular formula is C23H22N4O2S. The number of nitrogens with zero attached hydrogens (tertiary/aromatic N) is 3. The minimum atomic E-state index is -0.00868. The Hall–Kier alpha value is -3.06. The Balaban J connectivity index is 1.53. The van der Waals surface area contributed by atoms with Gasteiger partial charge in [0.15, 0.2) is 10.6 Å². The summed E-state index contributed by atoms with van der Waals surface area (Å²) >= 11 is 5.58. The van der Waals surface area contributed by atoms with Crippen LogP contribution in [0.5, 0.6) is 11.5 Å². The number of hydrogen-bond acceptors (Lipinski definition) is 4. The molecule has 2 aliphatic rings.